The second-order valence-electron chi connectivity index (χ2n) is 5.76. The maximum Gasteiger partial charge on any atom is 0.260 e. The lowest BCUT2D eigenvalue weighted by atomic mass is 10.1. The second kappa shape index (κ2) is 8.86. The number of aliphatic hydroxyl groups excluding tert-OH is 1. The topological polar surface area (TPSA) is 73.6 Å². The van der Waals surface area contributed by atoms with Crippen molar-refractivity contribution in [2.75, 3.05) is 19.7 Å². The zero-order valence-corrected chi connectivity index (χ0v) is 14.5. The van der Waals surface area contributed by atoms with E-state index >= 15 is 0 Å². The number of rotatable bonds is 7. The fourth-order valence-electron chi connectivity index (χ4n) is 2.43. The molecule has 0 aliphatic rings. The molecule has 1 amide bonds. The van der Waals surface area contributed by atoms with Gasteiger partial charge in [0.1, 0.15) is 11.8 Å². The Labute approximate surface area is 148 Å². The third-order valence-electron chi connectivity index (χ3n) is 3.95. The van der Waals surface area contributed by atoms with Crippen LogP contribution in [0.1, 0.15) is 29.7 Å². The van der Waals surface area contributed by atoms with Crippen molar-refractivity contribution in [2.24, 2.45) is 0 Å². The van der Waals surface area contributed by atoms with Crippen LogP contribution in [0, 0.1) is 18.3 Å². The monoisotopic (exact) mass is 338 g/mol. The van der Waals surface area contributed by atoms with Crippen molar-refractivity contribution in [3.8, 4) is 11.8 Å². The minimum atomic E-state index is -0.754. The largest absolute Gasteiger partial charge is 0.482 e. The van der Waals surface area contributed by atoms with Crippen LogP contribution in [0.2, 0.25) is 0 Å². The summed E-state index contributed by atoms with van der Waals surface area (Å²) in [5, 5.41) is 19.4. The van der Waals surface area contributed by atoms with E-state index in [-0.39, 0.29) is 19.1 Å². The van der Waals surface area contributed by atoms with Gasteiger partial charge in [0, 0.05) is 6.54 Å². The first-order chi connectivity index (χ1) is 12.0. The SMILES string of the molecule is CCN(CC(O)c1ccc(C)cc1)C(=O)COc1ccccc1C#N. The van der Waals surface area contributed by atoms with Gasteiger partial charge < -0.3 is 14.7 Å². The molecule has 0 aromatic heterocycles. The van der Waals surface area contributed by atoms with Crippen molar-refractivity contribution in [3.05, 3.63) is 65.2 Å². The maximum absolute atomic E-state index is 12.4. The van der Waals surface area contributed by atoms with Gasteiger partial charge in [0.25, 0.3) is 5.91 Å². The van der Waals surface area contributed by atoms with Crippen LogP contribution in [0.4, 0.5) is 0 Å². The van der Waals surface area contributed by atoms with Gasteiger partial charge in [0.2, 0.25) is 0 Å². The van der Waals surface area contributed by atoms with Gasteiger partial charge in [-0.25, -0.2) is 0 Å². The summed E-state index contributed by atoms with van der Waals surface area (Å²) in [6, 6.07) is 16.4. The molecule has 0 spiro atoms. The number of hydrogen-bond donors (Lipinski definition) is 1. The van der Waals surface area contributed by atoms with Crippen LogP contribution >= 0.6 is 0 Å². The number of carbonyl (C=O) groups is 1. The van der Waals surface area contributed by atoms with Crippen LogP contribution in [-0.4, -0.2) is 35.6 Å². The van der Waals surface area contributed by atoms with Crippen molar-refractivity contribution in [2.45, 2.75) is 20.0 Å². The number of amides is 1. The Morgan fingerprint density at radius 2 is 1.92 bits per heavy atom. The number of carbonyl (C=O) groups excluding carboxylic acids is 1. The number of para-hydroxylation sites is 1. The number of hydrogen-bond acceptors (Lipinski definition) is 4. The standard InChI is InChI=1S/C20H22N2O3/c1-3-22(13-18(23)16-10-8-15(2)9-11-16)20(24)14-25-19-7-5-4-6-17(19)12-21/h4-11,18,23H,3,13-14H2,1-2H3. The first-order valence-corrected chi connectivity index (χ1v) is 8.19. The first-order valence-electron chi connectivity index (χ1n) is 8.19. The lowest BCUT2D eigenvalue weighted by molar-refractivity contribution is -0.134. The van der Waals surface area contributed by atoms with Crippen molar-refractivity contribution < 1.29 is 14.6 Å². The van der Waals surface area contributed by atoms with Crippen LogP contribution in [0.25, 0.3) is 0 Å². The number of likely N-dealkylation sites (N-methyl/N-ethyl adjacent to an activating group) is 1. The predicted octanol–water partition coefficient (Wildman–Crippen LogP) is 2.83. The van der Waals surface area contributed by atoms with E-state index < -0.39 is 6.10 Å². The maximum atomic E-state index is 12.4. The molecule has 1 unspecified atom stereocenters. The smallest absolute Gasteiger partial charge is 0.260 e. The summed E-state index contributed by atoms with van der Waals surface area (Å²) in [4.78, 5) is 13.9. The van der Waals surface area contributed by atoms with Crippen molar-refractivity contribution in [3.63, 3.8) is 0 Å². The highest BCUT2D eigenvalue weighted by atomic mass is 16.5. The Balaban J connectivity index is 1.96. The average Bonchev–Trinajstić information content (AvgIpc) is 2.64. The molecule has 130 valence electrons. The minimum absolute atomic E-state index is 0.173. The molecule has 0 aliphatic heterocycles. The summed E-state index contributed by atoms with van der Waals surface area (Å²) in [7, 11) is 0. The van der Waals surface area contributed by atoms with Gasteiger partial charge in [0.05, 0.1) is 18.2 Å². The normalized spacial score (nSPS) is 11.4. The van der Waals surface area contributed by atoms with Gasteiger partial charge in [0.15, 0.2) is 6.61 Å². The molecule has 0 radical (unpaired) electrons. The van der Waals surface area contributed by atoms with Crippen LogP contribution in [0.3, 0.4) is 0 Å². The van der Waals surface area contributed by atoms with E-state index in [1.807, 2.05) is 44.2 Å². The van der Waals surface area contributed by atoms with E-state index in [2.05, 4.69) is 0 Å². The van der Waals surface area contributed by atoms with Crippen molar-refractivity contribution in [1.82, 2.24) is 4.90 Å². The molecule has 2 aromatic rings. The Bertz CT molecular complexity index is 750. The van der Waals surface area contributed by atoms with Crippen molar-refractivity contribution in [1.29, 1.82) is 5.26 Å². The van der Waals surface area contributed by atoms with Gasteiger partial charge in [-0.2, -0.15) is 5.26 Å². The molecule has 0 bridgehead atoms. The molecule has 0 saturated heterocycles. The molecule has 0 saturated carbocycles. The summed E-state index contributed by atoms with van der Waals surface area (Å²) in [6.45, 7) is 4.32. The molecule has 0 fully saturated rings. The molecule has 1 atom stereocenters. The second-order valence-corrected chi connectivity index (χ2v) is 5.76. The molecule has 2 aromatic carbocycles. The lowest BCUT2D eigenvalue weighted by Gasteiger charge is -2.24. The van der Waals surface area contributed by atoms with Crippen LogP contribution in [0.5, 0.6) is 5.75 Å². The molecule has 25 heavy (non-hydrogen) atoms. The number of aryl methyl sites for hydroxylation is 1. The third-order valence-corrected chi connectivity index (χ3v) is 3.95. The van der Waals surface area contributed by atoms with Gasteiger partial charge in [-0.3, -0.25) is 4.79 Å². The summed E-state index contributed by atoms with van der Waals surface area (Å²) in [5.41, 5.74) is 2.27. The highest BCUT2D eigenvalue weighted by Crippen LogP contribution is 2.18. The number of nitrogens with zero attached hydrogens (tertiary/aromatic N) is 2. The Morgan fingerprint density at radius 1 is 1.24 bits per heavy atom. The van der Waals surface area contributed by atoms with Gasteiger partial charge in [-0.1, -0.05) is 42.0 Å². The highest BCUT2D eigenvalue weighted by molar-refractivity contribution is 5.77. The summed E-state index contributed by atoms with van der Waals surface area (Å²) >= 11 is 0. The Hall–Kier alpha value is -2.84. The number of ether oxygens (including phenoxy) is 1. The fourth-order valence-corrected chi connectivity index (χ4v) is 2.43. The molecule has 5 nitrogen and oxygen atoms in total. The molecule has 0 heterocycles. The molecule has 1 N–H and O–H groups in total. The number of nitriles is 1. The molecule has 2 rings (SSSR count). The van der Waals surface area contributed by atoms with E-state index in [1.54, 1.807) is 29.2 Å². The van der Waals surface area contributed by atoms with Crippen LogP contribution in [0.15, 0.2) is 48.5 Å². The zero-order valence-electron chi connectivity index (χ0n) is 14.5. The van der Waals surface area contributed by atoms with Gasteiger partial charge in [-0.05, 0) is 31.5 Å². The zero-order chi connectivity index (χ0) is 18.2. The first kappa shape index (κ1) is 18.5. The third kappa shape index (κ3) is 5.07. The van der Waals surface area contributed by atoms with Crippen molar-refractivity contribution >= 4 is 5.91 Å². The number of benzene rings is 2. The minimum Gasteiger partial charge on any atom is -0.482 e. The quantitative estimate of drug-likeness (QED) is 0.842. The Kier molecular flexibility index (Phi) is 6.55. The molecule has 5 heteroatoms. The summed E-state index contributed by atoms with van der Waals surface area (Å²) < 4.78 is 5.48. The van der Waals surface area contributed by atoms with E-state index in [1.165, 1.54) is 0 Å². The highest BCUT2D eigenvalue weighted by Gasteiger charge is 2.18. The van der Waals surface area contributed by atoms with E-state index in [0.29, 0.717) is 17.9 Å². The molecular formula is C20H22N2O3. The van der Waals surface area contributed by atoms with Gasteiger partial charge >= 0.3 is 0 Å². The fraction of sp³-hybridized carbons (Fsp3) is 0.300. The van der Waals surface area contributed by atoms with Crippen LogP contribution < -0.4 is 4.74 Å². The molecular weight excluding hydrogens is 316 g/mol. The summed E-state index contributed by atoms with van der Waals surface area (Å²) in [5.74, 6) is 0.148. The van der Waals surface area contributed by atoms with Gasteiger partial charge in [-0.15, -0.1) is 0 Å². The predicted molar refractivity (Wildman–Crippen MR) is 95.0 cm³/mol. The summed E-state index contributed by atoms with van der Waals surface area (Å²) in [6.07, 6.45) is -0.754. The van der Waals surface area contributed by atoms with E-state index in [0.717, 1.165) is 11.1 Å². The average molecular weight is 338 g/mol. The molecule has 0 aliphatic carbocycles. The Morgan fingerprint density at radius 3 is 2.56 bits per heavy atom. The van der Waals surface area contributed by atoms with E-state index in [4.69, 9.17) is 10.00 Å². The van der Waals surface area contributed by atoms with E-state index in [9.17, 15) is 9.90 Å². The van der Waals surface area contributed by atoms with Crippen LogP contribution in [-0.2, 0) is 4.79 Å². The lowest BCUT2D eigenvalue weighted by Crippen LogP contribution is -2.37. The number of aliphatic hydroxyl groups is 1.